The van der Waals surface area contributed by atoms with Crippen molar-refractivity contribution in [3.63, 3.8) is 0 Å². The average Bonchev–Trinajstić information content (AvgIpc) is 2.99. The highest BCUT2D eigenvalue weighted by Crippen LogP contribution is 2.21. The number of benzene rings is 1. The van der Waals surface area contributed by atoms with Gasteiger partial charge in [-0.2, -0.15) is 9.97 Å². The molecule has 10 nitrogen and oxygen atoms in total. The van der Waals surface area contributed by atoms with Gasteiger partial charge >= 0.3 is 11.7 Å². The molecule has 0 spiro atoms. The lowest BCUT2D eigenvalue weighted by molar-refractivity contribution is 0.212. The molecule has 0 fully saturated rings. The number of hydrogen-bond acceptors (Lipinski definition) is 7. The smallest absolute Gasteiger partial charge is 0.339 e. The molecule has 2 N–H and O–H groups in total. The van der Waals surface area contributed by atoms with Crippen LogP contribution in [0.2, 0.25) is 0 Å². The number of anilines is 1. The summed E-state index contributed by atoms with van der Waals surface area (Å²) in [6, 6.07) is 8.48. The summed E-state index contributed by atoms with van der Waals surface area (Å²) in [6.07, 6.45) is 0. The van der Waals surface area contributed by atoms with Gasteiger partial charge in [0.05, 0.1) is 12.3 Å². The second kappa shape index (κ2) is 7.66. The Hall–Kier alpha value is -3.21. The first-order chi connectivity index (χ1) is 13.7. The van der Waals surface area contributed by atoms with E-state index in [-0.39, 0.29) is 29.3 Å². The summed E-state index contributed by atoms with van der Waals surface area (Å²) in [5.41, 5.74) is 6.11. The molecular weight excluding hydrogens is 396 g/mol. The van der Waals surface area contributed by atoms with Crippen LogP contribution in [0.1, 0.15) is 19.4 Å². The van der Waals surface area contributed by atoms with Crippen LogP contribution < -0.4 is 11.4 Å². The number of rotatable bonds is 5. The number of nitrogens with two attached hydrogens (primary N) is 1. The summed E-state index contributed by atoms with van der Waals surface area (Å²) < 4.78 is 26.7. The van der Waals surface area contributed by atoms with E-state index in [0.717, 1.165) is 10.1 Å². The molecule has 1 amide bonds. The summed E-state index contributed by atoms with van der Waals surface area (Å²) in [6.45, 7) is 3.67. The summed E-state index contributed by atoms with van der Waals surface area (Å²) in [5, 5.41) is -0.472. The molecule has 0 unspecified atom stereocenters. The number of amides is 1. The van der Waals surface area contributed by atoms with Gasteiger partial charge in [0.25, 0.3) is 5.16 Å². The number of nitrogen functional groups attached to an aromatic ring is 1. The zero-order valence-corrected chi connectivity index (χ0v) is 17.2. The Bertz CT molecular complexity index is 1230. The molecule has 0 aliphatic rings. The largest absolute Gasteiger partial charge is 0.382 e. The second-order valence-corrected chi connectivity index (χ2v) is 8.63. The SMILES string of the molecule is CCN(C)C(=O)n1c(=O)n(Cc2ccccc2)c2nc(S(=O)(=O)CC)nc(N)c21. The molecule has 2 heterocycles. The fraction of sp³-hybridized carbons (Fsp3) is 0.333. The molecule has 0 radical (unpaired) electrons. The molecule has 154 valence electrons. The molecule has 29 heavy (non-hydrogen) atoms. The number of imidazole rings is 1. The van der Waals surface area contributed by atoms with Crippen LogP contribution in [-0.4, -0.2) is 57.8 Å². The van der Waals surface area contributed by atoms with Gasteiger partial charge in [-0.05, 0) is 12.5 Å². The number of carbonyl (C=O) groups excluding carboxylic acids is 1. The van der Waals surface area contributed by atoms with Gasteiger partial charge in [-0.25, -0.2) is 22.6 Å². The molecule has 3 rings (SSSR count). The van der Waals surface area contributed by atoms with Crippen LogP contribution in [0.5, 0.6) is 0 Å². The molecular formula is C18H22N6O4S. The minimum Gasteiger partial charge on any atom is -0.382 e. The summed E-state index contributed by atoms with van der Waals surface area (Å²) >= 11 is 0. The number of carbonyl (C=O) groups is 1. The quantitative estimate of drug-likeness (QED) is 0.610. The zero-order chi connectivity index (χ0) is 21.3. The van der Waals surface area contributed by atoms with Crippen molar-refractivity contribution in [3.8, 4) is 0 Å². The number of sulfone groups is 1. The first-order valence-electron chi connectivity index (χ1n) is 9.02. The Morgan fingerprint density at radius 3 is 2.41 bits per heavy atom. The minimum absolute atomic E-state index is 0.00349. The van der Waals surface area contributed by atoms with Gasteiger partial charge in [-0.3, -0.25) is 4.57 Å². The zero-order valence-electron chi connectivity index (χ0n) is 16.4. The lowest BCUT2D eigenvalue weighted by atomic mass is 10.2. The summed E-state index contributed by atoms with van der Waals surface area (Å²) in [4.78, 5) is 35.3. The van der Waals surface area contributed by atoms with Crippen molar-refractivity contribution in [3.05, 3.63) is 46.4 Å². The van der Waals surface area contributed by atoms with Crippen LogP contribution in [0.15, 0.2) is 40.3 Å². The normalized spacial score (nSPS) is 11.7. The number of aromatic nitrogens is 4. The summed E-state index contributed by atoms with van der Waals surface area (Å²) in [7, 11) is -2.23. The third-order valence-corrected chi connectivity index (χ3v) is 6.11. The Balaban J connectivity index is 2.36. The van der Waals surface area contributed by atoms with E-state index in [0.29, 0.717) is 6.54 Å². The van der Waals surface area contributed by atoms with Crippen molar-refractivity contribution in [2.24, 2.45) is 0 Å². The molecule has 2 aromatic heterocycles. The standard InChI is InChI=1S/C18H22N6O4S/c1-4-22(3)17(25)24-13-14(19)20-16(29(27,28)5-2)21-15(13)23(18(24)26)11-12-9-7-6-8-10-12/h6-10H,4-5,11H2,1-3H3,(H2,19,20,21). The van der Waals surface area contributed by atoms with E-state index in [2.05, 4.69) is 9.97 Å². The Morgan fingerprint density at radius 2 is 1.83 bits per heavy atom. The van der Waals surface area contributed by atoms with Gasteiger partial charge in [0.1, 0.15) is 5.52 Å². The van der Waals surface area contributed by atoms with Crippen molar-refractivity contribution >= 4 is 32.9 Å². The second-order valence-electron chi connectivity index (χ2n) is 6.45. The highest BCUT2D eigenvalue weighted by Gasteiger charge is 2.27. The molecule has 1 aromatic carbocycles. The van der Waals surface area contributed by atoms with Crippen LogP contribution in [-0.2, 0) is 16.4 Å². The maximum absolute atomic E-state index is 13.1. The first-order valence-corrected chi connectivity index (χ1v) is 10.7. The van der Waals surface area contributed by atoms with Gasteiger partial charge in [0, 0.05) is 13.6 Å². The molecule has 3 aromatic rings. The Labute approximate surface area is 167 Å². The number of fused-ring (bicyclic) bond motifs is 1. The predicted molar refractivity (Wildman–Crippen MR) is 109 cm³/mol. The third kappa shape index (κ3) is 3.60. The highest BCUT2D eigenvalue weighted by molar-refractivity contribution is 7.91. The van der Waals surface area contributed by atoms with Gasteiger partial charge in [-0.1, -0.05) is 37.3 Å². The highest BCUT2D eigenvalue weighted by atomic mass is 32.2. The fourth-order valence-electron chi connectivity index (χ4n) is 2.81. The van der Waals surface area contributed by atoms with Crippen LogP contribution in [0.3, 0.4) is 0 Å². The van der Waals surface area contributed by atoms with E-state index < -0.39 is 26.7 Å². The number of hydrogen-bond donors (Lipinski definition) is 1. The average molecular weight is 418 g/mol. The van der Waals surface area contributed by atoms with E-state index in [1.165, 1.54) is 16.4 Å². The van der Waals surface area contributed by atoms with Crippen molar-refractivity contribution in [2.75, 3.05) is 25.1 Å². The Kier molecular flexibility index (Phi) is 5.42. The monoisotopic (exact) mass is 418 g/mol. The van der Waals surface area contributed by atoms with E-state index in [9.17, 15) is 18.0 Å². The Morgan fingerprint density at radius 1 is 1.17 bits per heavy atom. The maximum Gasteiger partial charge on any atom is 0.339 e. The molecule has 0 saturated carbocycles. The van der Waals surface area contributed by atoms with Crippen LogP contribution in [0.25, 0.3) is 11.2 Å². The van der Waals surface area contributed by atoms with Gasteiger partial charge in [-0.15, -0.1) is 0 Å². The van der Waals surface area contributed by atoms with Gasteiger partial charge in [0.15, 0.2) is 11.5 Å². The lowest BCUT2D eigenvalue weighted by Gasteiger charge is -2.14. The van der Waals surface area contributed by atoms with Crippen molar-refractivity contribution in [1.29, 1.82) is 0 Å². The number of nitrogens with zero attached hydrogens (tertiary/aromatic N) is 5. The van der Waals surface area contributed by atoms with Gasteiger partial charge < -0.3 is 10.6 Å². The topological polar surface area (TPSA) is 133 Å². The lowest BCUT2D eigenvalue weighted by Crippen LogP contribution is -2.38. The third-order valence-electron chi connectivity index (χ3n) is 4.61. The molecule has 0 aliphatic heterocycles. The molecule has 0 bridgehead atoms. The van der Waals surface area contributed by atoms with E-state index in [4.69, 9.17) is 5.73 Å². The maximum atomic E-state index is 13.1. The predicted octanol–water partition coefficient (Wildman–Crippen LogP) is 0.937. The minimum atomic E-state index is -3.77. The van der Waals surface area contributed by atoms with Crippen LogP contribution >= 0.6 is 0 Å². The fourth-order valence-corrected chi connectivity index (χ4v) is 3.53. The van der Waals surface area contributed by atoms with E-state index in [1.807, 2.05) is 30.3 Å². The van der Waals surface area contributed by atoms with Crippen molar-refractivity contribution in [2.45, 2.75) is 25.5 Å². The van der Waals surface area contributed by atoms with Crippen LogP contribution in [0.4, 0.5) is 10.6 Å². The molecule has 0 saturated heterocycles. The summed E-state index contributed by atoms with van der Waals surface area (Å²) in [5.74, 6) is -0.470. The van der Waals surface area contributed by atoms with Crippen LogP contribution in [0, 0.1) is 0 Å². The van der Waals surface area contributed by atoms with Gasteiger partial charge in [0.2, 0.25) is 9.84 Å². The van der Waals surface area contributed by atoms with Crippen molar-refractivity contribution in [1.82, 2.24) is 24.0 Å². The first kappa shape index (κ1) is 20.5. The van der Waals surface area contributed by atoms with Crippen molar-refractivity contribution < 1.29 is 13.2 Å². The van der Waals surface area contributed by atoms with E-state index >= 15 is 0 Å². The molecule has 0 aliphatic carbocycles. The molecule has 0 atom stereocenters. The van der Waals surface area contributed by atoms with E-state index in [1.54, 1.807) is 14.0 Å². The molecule has 11 heteroatoms.